The van der Waals surface area contributed by atoms with Crippen LogP contribution in [0.5, 0.6) is 0 Å². The summed E-state index contributed by atoms with van der Waals surface area (Å²) >= 11 is 0. The summed E-state index contributed by atoms with van der Waals surface area (Å²) in [5.41, 5.74) is 1.17. The van der Waals surface area contributed by atoms with Crippen LogP contribution in [0.25, 0.3) is 0 Å². The van der Waals surface area contributed by atoms with Gasteiger partial charge in [0.25, 0.3) is 0 Å². The van der Waals surface area contributed by atoms with Crippen LogP contribution in [0, 0.1) is 11.8 Å². The molecule has 3 rings (SSSR count). The lowest BCUT2D eigenvalue weighted by atomic mass is 10.1. The number of pyridine rings is 1. The van der Waals surface area contributed by atoms with Crippen molar-refractivity contribution in [2.24, 2.45) is 11.8 Å². The zero-order valence-corrected chi connectivity index (χ0v) is 11.2. The van der Waals surface area contributed by atoms with E-state index in [1.165, 1.54) is 25.7 Å². The highest BCUT2D eigenvalue weighted by molar-refractivity contribution is 5.88. The third-order valence-electron chi connectivity index (χ3n) is 4.06. The van der Waals surface area contributed by atoms with Gasteiger partial charge in [0, 0.05) is 11.7 Å². The molecule has 0 aliphatic heterocycles. The first-order valence-corrected chi connectivity index (χ1v) is 7.18. The molecule has 0 saturated heterocycles. The summed E-state index contributed by atoms with van der Waals surface area (Å²) in [5, 5.41) is 12.6. The van der Waals surface area contributed by atoms with Crippen LogP contribution in [0.1, 0.15) is 48.7 Å². The average Bonchev–Trinajstić information content (AvgIpc) is 3.28. The summed E-state index contributed by atoms with van der Waals surface area (Å²) in [6.07, 6.45) is 5.95. The van der Waals surface area contributed by atoms with Crippen molar-refractivity contribution in [3.63, 3.8) is 0 Å². The van der Waals surface area contributed by atoms with Crippen LogP contribution in [0.4, 0.5) is 5.82 Å². The first-order valence-electron chi connectivity index (χ1n) is 7.18. The molecule has 19 heavy (non-hydrogen) atoms. The molecule has 0 atom stereocenters. The molecule has 2 aliphatic rings. The number of anilines is 1. The number of carboxylic acid groups (broad SMARTS) is 1. The molecule has 0 bridgehead atoms. The number of rotatable bonds is 6. The van der Waals surface area contributed by atoms with E-state index in [1.54, 1.807) is 12.1 Å². The minimum atomic E-state index is -0.880. The number of hydrogen-bond donors (Lipinski definition) is 2. The van der Waals surface area contributed by atoms with Crippen LogP contribution in [0.3, 0.4) is 0 Å². The third-order valence-corrected chi connectivity index (χ3v) is 4.06. The van der Waals surface area contributed by atoms with E-state index in [1.807, 2.05) is 6.92 Å². The van der Waals surface area contributed by atoms with Gasteiger partial charge in [-0.3, -0.25) is 0 Å². The van der Waals surface area contributed by atoms with Crippen LogP contribution in [0.15, 0.2) is 12.1 Å². The number of nitrogens with one attached hydrogen (secondary N) is 1. The van der Waals surface area contributed by atoms with Crippen LogP contribution in [0.2, 0.25) is 0 Å². The minimum Gasteiger partial charge on any atom is -0.478 e. The molecule has 1 aromatic heterocycles. The Morgan fingerprint density at radius 1 is 1.37 bits per heavy atom. The zero-order valence-electron chi connectivity index (χ0n) is 11.2. The summed E-state index contributed by atoms with van der Waals surface area (Å²) in [5.74, 6) is 1.40. The lowest BCUT2D eigenvalue weighted by Gasteiger charge is -2.19. The molecule has 4 heteroatoms. The summed E-state index contributed by atoms with van der Waals surface area (Å²) in [4.78, 5) is 15.7. The number of carbonyl (C=O) groups is 1. The molecule has 2 N–H and O–H groups in total. The molecule has 0 unspecified atom stereocenters. The summed E-state index contributed by atoms with van der Waals surface area (Å²) in [6, 6.07) is 3.83. The Balaban J connectivity index is 1.82. The Morgan fingerprint density at radius 3 is 2.47 bits per heavy atom. The van der Waals surface area contributed by atoms with Crippen LogP contribution in [-0.4, -0.2) is 22.1 Å². The molecule has 0 amide bonds. The van der Waals surface area contributed by atoms with Crippen molar-refractivity contribution < 1.29 is 9.90 Å². The first-order chi connectivity index (χ1) is 9.17. The van der Waals surface area contributed by atoms with Crippen molar-refractivity contribution in [1.29, 1.82) is 0 Å². The third kappa shape index (κ3) is 2.88. The van der Waals surface area contributed by atoms with Gasteiger partial charge in [0.1, 0.15) is 5.82 Å². The highest BCUT2D eigenvalue weighted by Gasteiger charge is 2.41. The maximum atomic E-state index is 11.1. The Bertz CT molecular complexity index is 481. The topological polar surface area (TPSA) is 62.2 Å². The van der Waals surface area contributed by atoms with Crippen molar-refractivity contribution in [3.05, 3.63) is 23.4 Å². The highest BCUT2D eigenvalue weighted by Crippen LogP contribution is 2.45. The van der Waals surface area contributed by atoms with E-state index >= 15 is 0 Å². The van der Waals surface area contributed by atoms with Gasteiger partial charge in [0.2, 0.25) is 0 Å². The van der Waals surface area contributed by atoms with E-state index in [4.69, 9.17) is 5.11 Å². The minimum absolute atomic E-state index is 0.333. The summed E-state index contributed by atoms with van der Waals surface area (Å²) in [7, 11) is 0. The SMILES string of the molecule is CCc1cc(C(=O)O)cc(NC(C2CC2)C2CC2)n1. The van der Waals surface area contributed by atoms with E-state index in [0.29, 0.717) is 11.6 Å². The quantitative estimate of drug-likeness (QED) is 0.825. The predicted molar refractivity (Wildman–Crippen MR) is 73.4 cm³/mol. The molecule has 0 aromatic carbocycles. The van der Waals surface area contributed by atoms with Crippen LogP contribution in [-0.2, 0) is 6.42 Å². The maximum absolute atomic E-state index is 11.1. The molecule has 1 aromatic rings. The molecule has 1 heterocycles. The smallest absolute Gasteiger partial charge is 0.335 e. The van der Waals surface area contributed by atoms with Gasteiger partial charge in [-0.1, -0.05) is 6.92 Å². The lowest BCUT2D eigenvalue weighted by Crippen LogP contribution is -2.25. The molecule has 2 fully saturated rings. The van der Waals surface area contributed by atoms with E-state index in [9.17, 15) is 4.79 Å². The predicted octanol–water partition coefficient (Wildman–Crippen LogP) is 2.94. The number of aromatic carboxylic acids is 1. The van der Waals surface area contributed by atoms with Crippen molar-refractivity contribution in [2.75, 3.05) is 5.32 Å². The fraction of sp³-hybridized carbons (Fsp3) is 0.600. The average molecular weight is 260 g/mol. The normalized spacial score (nSPS) is 18.6. The maximum Gasteiger partial charge on any atom is 0.335 e. The largest absolute Gasteiger partial charge is 0.478 e. The van der Waals surface area contributed by atoms with Crippen molar-refractivity contribution in [3.8, 4) is 0 Å². The molecule has 0 radical (unpaired) electrons. The number of hydrogen-bond acceptors (Lipinski definition) is 3. The van der Waals surface area contributed by atoms with E-state index in [2.05, 4.69) is 10.3 Å². The Labute approximate surface area is 113 Å². The monoisotopic (exact) mass is 260 g/mol. The number of carboxylic acids is 1. The van der Waals surface area contributed by atoms with Gasteiger partial charge in [0.05, 0.1) is 5.56 Å². The van der Waals surface area contributed by atoms with E-state index in [0.717, 1.165) is 29.8 Å². The van der Waals surface area contributed by atoms with Crippen molar-refractivity contribution in [2.45, 2.75) is 45.1 Å². The van der Waals surface area contributed by atoms with Gasteiger partial charge in [-0.15, -0.1) is 0 Å². The Hall–Kier alpha value is -1.58. The molecular formula is C15H20N2O2. The molecule has 0 spiro atoms. The van der Waals surface area contributed by atoms with Crippen molar-refractivity contribution >= 4 is 11.8 Å². The number of nitrogens with zero attached hydrogens (tertiary/aromatic N) is 1. The fourth-order valence-electron chi connectivity index (χ4n) is 2.67. The van der Waals surface area contributed by atoms with Gasteiger partial charge in [0.15, 0.2) is 0 Å². The standard InChI is InChI=1S/C15H20N2O2/c1-2-12-7-11(15(18)19)8-13(16-12)17-14(9-3-4-9)10-5-6-10/h7-10,14H,2-6H2,1H3,(H,16,17)(H,18,19). The summed E-state index contributed by atoms with van der Waals surface area (Å²) in [6.45, 7) is 2.00. The van der Waals surface area contributed by atoms with E-state index in [-0.39, 0.29) is 0 Å². The van der Waals surface area contributed by atoms with Gasteiger partial charge in [-0.25, -0.2) is 9.78 Å². The number of aromatic nitrogens is 1. The number of aryl methyl sites for hydroxylation is 1. The Kier molecular flexibility index (Phi) is 3.17. The highest BCUT2D eigenvalue weighted by atomic mass is 16.4. The second kappa shape index (κ2) is 4.83. The van der Waals surface area contributed by atoms with Gasteiger partial charge in [-0.05, 0) is 56.1 Å². The Morgan fingerprint density at radius 2 is 2.00 bits per heavy atom. The second-order valence-electron chi connectivity index (χ2n) is 5.74. The van der Waals surface area contributed by atoms with E-state index < -0.39 is 5.97 Å². The van der Waals surface area contributed by atoms with Gasteiger partial charge in [-0.2, -0.15) is 0 Å². The van der Waals surface area contributed by atoms with Crippen LogP contribution >= 0.6 is 0 Å². The van der Waals surface area contributed by atoms with Crippen molar-refractivity contribution in [1.82, 2.24) is 4.98 Å². The molecule has 102 valence electrons. The fourth-order valence-corrected chi connectivity index (χ4v) is 2.67. The van der Waals surface area contributed by atoms with Crippen LogP contribution < -0.4 is 5.32 Å². The molecular weight excluding hydrogens is 240 g/mol. The van der Waals surface area contributed by atoms with Gasteiger partial charge < -0.3 is 10.4 Å². The summed E-state index contributed by atoms with van der Waals surface area (Å²) < 4.78 is 0. The molecule has 2 aliphatic carbocycles. The molecule has 4 nitrogen and oxygen atoms in total. The van der Waals surface area contributed by atoms with Gasteiger partial charge >= 0.3 is 5.97 Å². The first kappa shape index (κ1) is 12.5. The zero-order chi connectivity index (χ0) is 13.4. The lowest BCUT2D eigenvalue weighted by molar-refractivity contribution is 0.0696. The second-order valence-corrected chi connectivity index (χ2v) is 5.74. The molecule has 2 saturated carbocycles.